The van der Waals surface area contributed by atoms with Crippen molar-refractivity contribution >= 4 is 12.0 Å². The highest BCUT2D eigenvalue weighted by Gasteiger charge is 2.42. The van der Waals surface area contributed by atoms with Gasteiger partial charge >= 0.3 is 6.09 Å². The summed E-state index contributed by atoms with van der Waals surface area (Å²) < 4.78 is 27.1. The largest absolute Gasteiger partial charge is 0.444 e. The van der Waals surface area contributed by atoms with Gasteiger partial charge in [0.05, 0.1) is 37.3 Å². The highest BCUT2D eigenvalue weighted by Crippen LogP contribution is 2.32. The Bertz CT molecular complexity index is 1330. The van der Waals surface area contributed by atoms with Crippen molar-refractivity contribution in [1.82, 2.24) is 19.4 Å². The van der Waals surface area contributed by atoms with Crippen LogP contribution in [0.5, 0.6) is 0 Å². The van der Waals surface area contributed by atoms with E-state index in [1.54, 1.807) is 34.5 Å². The highest BCUT2D eigenvalue weighted by atomic mass is 19.1. The molecule has 39 heavy (non-hydrogen) atoms. The number of piperidine rings is 1. The minimum absolute atomic E-state index is 0.130. The molecular weight excluding hydrogens is 499 g/mol. The maximum Gasteiger partial charge on any atom is 0.410 e. The van der Waals surface area contributed by atoms with Crippen molar-refractivity contribution in [3.63, 3.8) is 0 Å². The van der Waals surface area contributed by atoms with Gasteiger partial charge in [-0.3, -0.25) is 4.79 Å². The van der Waals surface area contributed by atoms with E-state index in [-0.39, 0.29) is 36.0 Å². The second kappa shape index (κ2) is 10.8. The third kappa shape index (κ3) is 5.68. The molecule has 2 amide bonds. The smallest absolute Gasteiger partial charge is 0.410 e. The minimum Gasteiger partial charge on any atom is -0.444 e. The molecule has 1 aromatic heterocycles. The topological polar surface area (TPSA) is 76.9 Å². The molecule has 206 valence electrons. The van der Waals surface area contributed by atoms with Crippen LogP contribution < -0.4 is 0 Å². The number of carbonyl (C=O) groups is 2. The monoisotopic (exact) mass is 534 g/mol. The molecule has 3 heterocycles. The Balaban J connectivity index is 1.33. The van der Waals surface area contributed by atoms with E-state index in [9.17, 15) is 14.0 Å². The average Bonchev–Trinajstić information content (AvgIpc) is 3.41. The van der Waals surface area contributed by atoms with Gasteiger partial charge in [-0.1, -0.05) is 36.4 Å². The lowest BCUT2D eigenvalue weighted by molar-refractivity contribution is -0.0988. The van der Waals surface area contributed by atoms with Crippen LogP contribution in [-0.4, -0.2) is 75.3 Å². The molecule has 3 aromatic rings. The van der Waals surface area contributed by atoms with E-state index >= 15 is 0 Å². The van der Waals surface area contributed by atoms with Gasteiger partial charge in [0.25, 0.3) is 5.91 Å². The van der Waals surface area contributed by atoms with Gasteiger partial charge in [-0.05, 0) is 62.9 Å². The number of nitrogens with zero attached hydrogens (tertiary/aromatic N) is 4. The molecule has 0 radical (unpaired) electrons. The number of likely N-dealkylation sites (tertiary alicyclic amines) is 1. The summed E-state index contributed by atoms with van der Waals surface area (Å²) in [6, 6.07) is 14.0. The first-order valence-electron chi connectivity index (χ1n) is 13.4. The van der Waals surface area contributed by atoms with E-state index in [0.29, 0.717) is 38.4 Å². The first-order valence-corrected chi connectivity index (χ1v) is 13.4. The van der Waals surface area contributed by atoms with Crippen LogP contribution in [-0.2, 0) is 9.47 Å². The molecule has 2 aliphatic rings. The lowest BCUT2D eigenvalue weighted by atomic mass is 9.95. The number of ether oxygens (including phenoxy) is 2. The van der Waals surface area contributed by atoms with E-state index in [1.165, 1.54) is 12.1 Å². The molecule has 2 aliphatic heterocycles. The summed E-state index contributed by atoms with van der Waals surface area (Å²) >= 11 is 0. The molecule has 0 bridgehead atoms. The van der Waals surface area contributed by atoms with Gasteiger partial charge in [0, 0.05) is 19.6 Å². The molecule has 2 fully saturated rings. The van der Waals surface area contributed by atoms with Crippen molar-refractivity contribution < 1.29 is 23.5 Å². The fourth-order valence-corrected chi connectivity index (χ4v) is 5.47. The van der Waals surface area contributed by atoms with Crippen molar-refractivity contribution in [1.29, 1.82) is 0 Å². The summed E-state index contributed by atoms with van der Waals surface area (Å²) in [7, 11) is 0. The summed E-state index contributed by atoms with van der Waals surface area (Å²) in [6.45, 7) is 9.34. The molecule has 0 N–H and O–H groups in total. The summed E-state index contributed by atoms with van der Waals surface area (Å²) in [5.74, 6) is -0.415. The fourth-order valence-electron chi connectivity index (χ4n) is 5.47. The Morgan fingerprint density at radius 2 is 1.85 bits per heavy atom. The zero-order valence-corrected chi connectivity index (χ0v) is 22.8. The first-order chi connectivity index (χ1) is 18.6. The number of benzene rings is 2. The molecule has 5 rings (SSSR count). The predicted molar refractivity (Wildman–Crippen MR) is 145 cm³/mol. The number of morpholine rings is 1. The molecule has 2 saturated heterocycles. The lowest BCUT2D eigenvalue weighted by Crippen LogP contribution is -2.61. The Morgan fingerprint density at radius 1 is 1.10 bits per heavy atom. The van der Waals surface area contributed by atoms with Gasteiger partial charge in [-0.25, -0.2) is 14.2 Å². The Hall–Kier alpha value is -3.72. The van der Waals surface area contributed by atoms with Crippen molar-refractivity contribution in [3.05, 3.63) is 78.1 Å². The van der Waals surface area contributed by atoms with Gasteiger partial charge in [-0.2, -0.15) is 0 Å². The predicted octanol–water partition coefficient (Wildman–Crippen LogP) is 5.15. The SMILES string of the molecule is CC(c1ccccc1-c1ccc(F)cc1)n1cncc1C(=O)N1CCC2C(C1)OCCN2C(=O)OC(C)(C)C. The van der Waals surface area contributed by atoms with Crippen LogP contribution in [0.3, 0.4) is 0 Å². The summed E-state index contributed by atoms with van der Waals surface area (Å²) in [4.78, 5) is 34.4. The Morgan fingerprint density at radius 3 is 2.59 bits per heavy atom. The van der Waals surface area contributed by atoms with Gasteiger partial charge in [0.2, 0.25) is 0 Å². The zero-order valence-electron chi connectivity index (χ0n) is 22.8. The number of amides is 2. The average molecular weight is 535 g/mol. The molecule has 3 atom stereocenters. The van der Waals surface area contributed by atoms with Crippen molar-refractivity contribution in [2.75, 3.05) is 26.2 Å². The summed E-state index contributed by atoms with van der Waals surface area (Å²) in [6.07, 6.45) is 3.25. The Labute approximate surface area is 228 Å². The summed E-state index contributed by atoms with van der Waals surface area (Å²) in [5, 5.41) is 0. The van der Waals surface area contributed by atoms with E-state index in [1.807, 2.05) is 56.5 Å². The van der Waals surface area contributed by atoms with E-state index in [2.05, 4.69) is 4.98 Å². The van der Waals surface area contributed by atoms with Crippen molar-refractivity contribution in [2.45, 2.75) is 57.9 Å². The third-order valence-electron chi connectivity index (χ3n) is 7.37. The second-order valence-electron chi connectivity index (χ2n) is 11.1. The van der Waals surface area contributed by atoms with Gasteiger partial charge < -0.3 is 23.8 Å². The van der Waals surface area contributed by atoms with Crippen molar-refractivity contribution in [3.8, 4) is 11.1 Å². The van der Waals surface area contributed by atoms with E-state index < -0.39 is 5.60 Å². The van der Waals surface area contributed by atoms with Crippen LogP contribution in [0.25, 0.3) is 11.1 Å². The molecule has 0 spiro atoms. The number of fused-ring (bicyclic) bond motifs is 1. The highest BCUT2D eigenvalue weighted by molar-refractivity contribution is 5.92. The van der Waals surface area contributed by atoms with E-state index in [4.69, 9.17) is 9.47 Å². The number of halogens is 1. The quantitative estimate of drug-likeness (QED) is 0.463. The summed E-state index contributed by atoms with van der Waals surface area (Å²) in [5.41, 5.74) is 2.77. The van der Waals surface area contributed by atoms with Crippen LogP contribution in [0, 0.1) is 5.82 Å². The zero-order chi connectivity index (χ0) is 27.7. The molecule has 0 saturated carbocycles. The van der Waals surface area contributed by atoms with Gasteiger partial charge in [-0.15, -0.1) is 0 Å². The number of hydrogen-bond donors (Lipinski definition) is 0. The van der Waals surface area contributed by atoms with Crippen LogP contribution >= 0.6 is 0 Å². The van der Waals surface area contributed by atoms with Gasteiger partial charge in [0.15, 0.2) is 0 Å². The van der Waals surface area contributed by atoms with Crippen LogP contribution in [0.1, 0.15) is 56.2 Å². The maximum absolute atomic E-state index is 13.8. The number of hydrogen-bond acceptors (Lipinski definition) is 5. The van der Waals surface area contributed by atoms with Crippen molar-refractivity contribution in [2.24, 2.45) is 0 Å². The molecule has 8 nitrogen and oxygen atoms in total. The first kappa shape index (κ1) is 26.9. The second-order valence-corrected chi connectivity index (χ2v) is 11.1. The number of aromatic nitrogens is 2. The normalized spacial score (nSPS) is 20.3. The van der Waals surface area contributed by atoms with E-state index in [0.717, 1.165) is 16.7 Å². The Kier molecular flexibility index (Phi) is 7.44. The van der Waals surface area contributed by atoms with Crippen LogP contribution in [0.4, 0.5) is 9.18 Å². The molecule has 0 aliphatic carbocycles. The maximum atomic E-state index is 13.8. The van der Waals surface area contributed by atoms with Gasteiger partial charge in [0.1, 0.15) is 17.1 Å². The third-order valence-corrected chi connectivity index (χ3v) is 7.37. The number of imidazole rings is 1. The number of carbonyl (C=O) groups excluding carboxylic acids is 2. The fraction of sp³-hybridized carbons (Fsp3) is 0.433. The minimum atomic E-state index is -0.577. The molecule has 9 heteroatoms. The lowest BCUT2D eigenvalue weighted by Gasteiger charge is -2.46. The standard InChI is InChI=1S/C30H35FN4O4/c1-20(23-7-5-6-8-24(23)21-9-11-22(31)12-10-21)35-19-32-17-26(35)28(36)33-14-13-25-27(18-33)38-16-15-34(25)29(37)39-30(2,3)4/h5-12,17,19-20,25,27H,13-16,18H2,1-4H3. The molecular formula is C30H35FN4O4. The number of rotatable bonds is 4. The molecule has 2 aromatic carbocycles. The molecule has 3 unspecified atom stereocenters. The van der Waals surface area contributed by atoms with Crippen LogP contribution in [0.15, 0.2) is 61.1 Å². The van der Waals surface area contributed by atoms with Crippen LogP contribution in [0.2, 0.25) is 0 Å².